The summed E-state index contributed by atoms with van der Waals surface area (Å²) in [6.07, 6.45) is 0. The lowest BCUT2D eigenvalue weighted by molar-refractivity contribution is 0.590. The Labute approximate surface area is 106 Å². The monoisotopic (exact) mass is 254 g/mol. The van der Waals surface area contributed by atoms with Gasteiger partial charge in [0.25, 0.3) is 0 Å². The molecule has 0 radical (unpaired) electrons. The first-order valence-electron chi connectivity index (χ1n) is 5.90. The van der Waals surface area contributed by atoms with E-state index in [0.29, 0.717) is 0 Å². The maximum atomic E-state index is 6.01. The van der Waals surface area contributed by atoms with E-state index in [2.05, 4.69) is 58.1 Å². The average molecular weight is 255 g/mol. The fraction of sp³-hybridized carbons (Fsp3) is 0.571. The first kappa shape index (κ1) is 13.8. The van der Waals surface area contributed by atoms with Gasteiger partial charge in [-0.15, -0.1) is 11.6 Å². The van der Waals surface area contributed by atoms with Crippen molar-refractivity contribution in [1.82, 2.24) is 0 Å². The third kappa shape index (κ3) is 3.95. The number of alkyl halides is 1. The van der Waals surface area contributed by atoms with Crippen molar-refractivity contribution in [3.8, 4) is 0 Å². The van der Waals surface area contributed by atoms with Crippen LogP contribution in [-0.2, 0) is 11.5 Å². The zero-order valence-corrected chi connectivity index (χ0v) is 12.9. The van der Waals surface area contributed by atoms with Gasteiger partial charge < -0.3 is 0 Å². The molecule has 0 aliphatic heterocycles. The van der Waals surface area contributed by atoms with Gasteiger partial charge in [-0.3, -0.25) is 0 Å². The fourth-order valence-corrected chi connectivity index (χ4v) is 3.44. The third-order valence-electron chi connectivity index (χ3n) is 2.86. The van der Waals surface area contributed by atoms with Gasteiger partial charge in [-0.25, -0.2) is 0 Å². The van der Waals surface area contributed by atoms with E-state index in [4.69, 9.17) is 11.6 Å². The smallest absolute Gasteiger partial charge is 0.0682 e. The molecule has 0 saturated carbocycles. The molecule has 0 amide bonds. The number of hydrogen-bond acceptors (Lipinski definition) is 0. The highest BCUT2D eigenvalue weighted by Crippen LogP contribution is 2.23. The largest absolute Gasteiger partial charge is 0.130 e. The fourth-order valence-electron chi connectivity index (χ4n) is 1.72. The van der Waals surface area contributed by atoms with E-state index in [1.54, 1.807) is 0 Å². The molecule has 0 fully saturated rings. The molecule has 0 spiro atoms. The van der Waals surface area contributed by atoms with Crippen LogP contribution in [0.4, 0.5) is 0 Å². The van der Waals surface area contributed by atoms with Crippen molar-refractivity contribution in [3.63, 3.8) is 0 Å². The summed E-state index contributed by atoms with van der Waals surface area (Å²) in [5, 5.41) is 0. The van der Waals surface area contributed by atoms with Crippen LogP contribution in [0.3, 0.4) is 0 Å². The molecule has 0 bridgehead atoms. The highest BCUT2D eigenvalue weighted by molar-refractivity contribution is 6.82. The van der Waals surface area contributed by atoms with Crippen molar-refractivity contribution < 1.29 is 0 Å². The van der Waals surface area contributed by atoms with Gasteiger partial charge in [0.15, 0.2) is 0 Å². The van der Waals surface area contributed by atoms with Crippen molar-refractivity contribution in [2.24, 2.45) is 0 Å². The Balaban J connectivity index is 2.80. The molecule has 2 heteroatoms. The number of hydrogen-bond donors (Lipinski definition) is 0. The van der Waals surface area contributed by atoms with E-state index in [1.807, 2.05) is 0 Å². The second kappa shape index (κ2) is 4.93. The summed E-state index contributed by atoms with van der Waals surface area (Å²) in [5.41, 5.74) is 3.93. The minimum atomic E-state index is -1.22. The van der Waals surface area contributed by atoms with Gasteiger partial charge in [0.1, 0.15) is 0 Å². The molecule has 0 saturated heterocycles. The van der Waals surface area contributed by atoms with E-state index in [-0.39, 0.29) is 5.41 Å². The summed E-state index contributed by atoms with van der Waals surface area (Å²) in [6, 6.07) is 10.2. The Hall–Kier alpha value is -0.273. The summed E-state index contributed by atoms with van der Waals surface area (Å²) >= 11 is 6.01. The number of halogens is 1. The highest BCUT2D eigenvalue weighted by Gasteiger charge is 2.20. The molecule has 90 valence electrons. The maximum absolute atomic E-state index is 6.01. The first-order chi connectivity index (χ1) is 7.24. The minimum Gasteiger partial charge on any atom is -0.130 e. The minimum absolute atomic E-state index is 0.248. The average Bonchev–Trinajstić information content (AvgIpc) is 2.16. The molecule has 0 aromatic heterocycles. The summed E-state index contributed by atoms with van der Waals surface area (Å²) in [5.74, 6) is 0. The van der Waals surface area contributed by atoms with Gasteiger partial charge in [0.2, 0.25) is 0 Å². The predicted octanol–water partition coefficient (Wildman–Crippen LogP) is 4.55. The standard InChI is InChI=1S/C14H23ClSi/c1-14(2,3)13-8-6-12(7-9-13)10-16(4,5)11-15/h6-9H,10-11H2,1-5H3. The third-order valence-corrected chi connectivity index (χ3v) is 7.12. The molecule has 1 rings (SSSR count). The van der Waals surface area contributed by atoms with Crippen molar-refractivity contribution in [2.75, 3.05) is 5.50 Å². The number of benzene rings is 1. The lowest BCUT2D eigenvalue weighted by Gasteiger charge is -2.21. The van der Waals surface area contributed by atoms with Crippen LogP contribution in [0.2, 0.25) is 13.1 Å². The molecule has 0 aliphatic carbocycles. The lowest BCUT2D eigenvalue weighted by atomic mass is 9.87. The second-order valence-electron chi connectivity index (χ2n) is 6.42. The molecule has 0 atom stereocenters. The van der Waals surface area contributed by atoms with Crippen molar-refractivity contribution in [3.05, 3.63) is 35.4 Å². The van der Waals surface area contributed by atoms with E-state index >= 15 is 0 Å². The Kier molecular flexibility index (Phi) is 4.25. The molecule has 1 aromatic carbocycles. The van der Waals surface area contributed by atoms with Gasteiger partial charge in [0.05, 0.1) is 8.07 Å². The van der Waals surface area contributed by atoms with Crippen molar-refractivity contribution in [1.29, 1.82) is 0 Å². The van der Waals surface area contributed by atoms with E-state index in [0.717, 1.165) is 5.50 Å². The molecule has 16 heavy (non-hydrogen) atoms. The summed E-state index contributed by atoms with van der Waals surface area (Å²) in [6.45, 7) is 11.4. The Bertz CT molecular complexity index is 333. The van der Waals surface area contributed by atoms with Crippen LogP contribution in [0.25, 0.3) is 0 Å². The summed E-state index contributed by atoms with van der Waals surface area (Å²) in [4.78, 5) is 0. The van der Waals surface area contributed by atoms with Gasteiger partial charge >= 0.3 is 0 Å². The molecule has 0 aliphatic rings. The summed E-state index contributed by atoms with van der Waals surface area (Å²) in [7, 11) is -1.22. The van der Waals surface area contributed by atoms with Crippen LogP contribution in [0.1, 0.15) is 31.9 Å². The van der Waals surface area contributed by atoms with Crippen LogP contribution in [0.15, 0.2) is 24.3 Å². The van der Waals surface area contributed by atoms with Gasteiger partial charge in [-0.05, 0) is 17.0 Å². The van der Waals surface area contributed by atoms with Gasteiger partial charge in [-0.2, -0.15) is 0 Å². The highest BCUT2D eigenvalue weighted by atomic mass is 35.5. The maximum Gasteiger partial charge on any atom is 0.0682 e. The van der Waals surface area contributed by atoms with Crippen LogP contribution in [0, 0.1) is 0 Å². The van der Waals surface area contributed by atoms with Crippen LogP contribution in [0.5, 0.6) is 0 Å². The molecule has 0 heterocycles. The SMILES string of the molecule is CC(C)(C)c1ccc(C[Si](C)(C)CCl)cc1. The second-order valence-corrected chi connectivity index (χ2v) is 12.2. The van der Waals surface area contributed by atoms with E-state index in [9.17, 15) is 0 Å². The Morgan fingerprint density at radius 2 is 1.56 bits per heavy atom. The zero-order valence-electron chi connectivity index (χ0n) is 11.1. The topological polar surface area (TPSA) is 0 Å². The van der Waals surface area contributed by atoms with Crippen LogP contribution < -0.4 is 0 Å². The van der Waals surface area contributed by atoms with Gasteiger partial charge in [0, 0.05) is 5.50 Å². The van der Waals surface area contributed by atoms with Crippen molar-refractivity contribution in [2.45, 2.75) is 45.3 Å². The number of rotatable bonds is 3. The summed E-state index contributed by atoms with van der Waals surface area (Å²) < 4.78 is 0. The lowest BCUT2D eigenvalue weighted by Crippen LogP contribution is -2.32. The normalized spacial score (nSPS) is 12.9. The Morgan fingerprint density at radius 1 is 1.06 bits per heavy atom. The van der Waals surface area contributed by atoms with Crippen molar-refractivity contribution >= 4 is 19.7 Å². The van der Waals surface area contributed by atoms with Gasteiger partial charge in [-0.1, -0.05) is 63.7 Å². The molecular formula is C14H23ClSi. The molecule has 0 unspecified atom stereocenters. The molecule has 0 N–H and O–H groups in total. The predicted molar refractivity (Wildman–Crippen MR) is 77.0 cm³/mol. The zero-order chi connectivity index (χ0) is 12.4. The van der Waals surface area contributed by atoms with Crippen LogP contribution >= 0.6 is 11.6 Å². The molecule has 0 nitrogen and oxygen atoms in total. The molecule has 1 aromatic rings. The molecular weight excluding hydrogens is 232 g/mol. The quantitative estimate of drug-likeness (QED) is 0.548. The first-order valence-corrected chi connectivity index (χ1v) is 9.85. The van der Waals surface area contributed by atoms with Crippen LogP contribution in [-0.4, -0.2) is 13.6 Å². The van der Waals surface area contributed by atoms with E-state index < -0.39 is 8.07 Å². The Morgan fingerprint density at radius 3 is 1.94 bits per heavy atom. The van der Waals surface area contributed by atoms with E-state index in [1.165, 1.54) is 17.2 Å².